The number of aromatic nitrogens is 3. The fourth-order valence-corrected chi connectivity index (χ4v) is 3.02. The van der Waals surface area contributed by atoms with Gasteiger partial charge in [-0.2, -0.15) is 0 Å². The van der Waals surface area contributed by atoms with Gasteiger partial charge in [0.2, 0.25) is 0 Å². The first-order chi connectivity index (χ1) is 13.8. The van der Waals surface area contributed by atoms with E-state index in [0.717, 1.165) is 22.4 Å². The van der Waals surface area contributed by atoms with Gasteiger partial charge in [-0.25, -0.2) is 9.97 Å². The van der Waals surface area contributed by atoms with Crippen LogP contribution in [-0.4, -0.2) is 27.0 Å². The number of nitrogens with zero attached hydrogens (tertiary/aromatic N) is 3. The van der Waals surface area contributed by atoms with Gasteiger partial charge in [-0.15, -0.1) is 0 Å². The van der Waals surface area contributed by atoms with Crippen molar-refractivity contribution in [1.29, 1.82) is 0 Å². The molecule has 0 aliphatic carbocycles. The van der Waals surface area contributed by atoms with E-state index in [4.69, 9.17) is 4.74 Å². The van der Waals surface area contributed by atoms with E-state index in [9.17, 15) is 4.79 Å². The number of nitrogens with one attached hydrogen (secondary N) is 1. The average Bonchev–Trinajstić information content (AvgIpc) is 3.17. The van der Waals surface area contributed by atoms with E-state index in [1.165, 1.54) is 0 Å². The number of rotatable bonds is 6. The zero-order valence-electron chi connectivity index (χ0n) is 15.5. The van der Waals surface area contributed by atoms with Crippen LogP contribution in [0.4, 0.5) is 0 Å². The maximum absolute atomic E-state index is 12.5. The molecule has 140 valence electrons. The summed E-state index contributed by atoms with van der Waals surface area (Å²) in [6, 6.07) is 19.0. The zero-order chi connectivity index (χ0) is 19.3. The number of hydrogen-bond acceptors (Lipinski definition) is 4. The highest BCUT2D eigenvalue weighted by atomic mass is 16.5. The molecule has 1 amide bonds. The molecule has 0 unspecified atom stereocenters. The van der Waals surface area contributed by atoms with Crippen LogP contribution < -0.4 is 10.1 Å². The molecule has 0 saturated carbocycles. The van der Waals surface area contributed by atoms with Crippen LogP contribution in [0, 0.1) is 0 Å². The summed E-state index contributed by atoms with van der Waals surface area (Å²) in [6.07, 6.45) is 3.53. The Kier molecular flexibility index (Phi) is 5.01. The Labute approximate surface area is 162 Å². The molecule has 6 nitrogen and oxygen atoms in total. The van der Waals surface area contributed by atoms with Crippen molar-refractivity contribution in [3.63, 3.8) is 0 Å². The van der Waals surface area contributed by atoms with Crippen LogP contribution in [-0.2, 0) is 6.54 Å². The largest absolute Gasteiger partial charge is 0.493 e. The number of pyridine rings is 1. The van der Waals surface area contributed by atoms with E-state index in [0.29, 0.717) is 24.5 Å². The smallest absolute Gasteiger partial charge is 0.255 e. The molecule has 0 aliphatic rings. The van der Waals surface area contributed by atoms with Gasteiger partial charge in [-0.1, -0.05) is 30.3 Å². The highest BCUT2D eigenvalue weighted by molar-refractivity contribution is 5.96. The van der Waals surface area contributed by atoms with Gasteiger partial charge in [0.25, 0.3) is 5.91 Å². The number of para-hydroxylation sites is 3. The summed E-state index contributed by atoms with van der Waals surface area (Å²) in [6.45, 7) is 2.79. The van der Waals surface area contributed by atoms with Gasteiger partial charge >= 0.3 is 0 Å². The summed E-state index contributed by atoms with van der Waals surface area (Å²) in [7, 11) is 0. The summed E-state index contributed by atoms with van der Waals surface area (Å²) in [5, 5.41) is 2.92. The second kappa shape index (κ2) is 7.92. The number of ether oxygens (including phenoxy) is 1. The van der Waals surface area contributed by atoms with Gasteiger partial charge < -0.3 is 10.1 Å². The topological polar surface area (TPSA) is 69.0 Å². The Balaban J connectivity index is 1.46. The molecule has 0 fully saturated rings. The van der Waals surface area contributed by atoms with Gasteiger partial charge in [-0.05, 0) is 42.8 Å². The Morgan fingerprint density at radius 3 is 2.68 bits per heavy atom. The first-order valence-electron chi connectivity index (χ1n) is 9.13. The summed E-state index contributed by atoms with van der Waals surface area (Å²) in [5.74, 6) is 1.20. The lowest BCUT2D eigenvalue weighted by molar-refractivity contribution is 0.0947. The quantitative estimate of drug-likeness (QED) is 0.560. The Morgan fingerprint density at radius 2 is 1.86 bits per heavy atom. The minimum atomic E-state index is -0.172. The summed E-state index contributed by atoms with van der Waals surface area (Å²) < 4.78 is 7.46. The van der Waals surface area contributed by atoms with Gasteiger partial charge in [0.05, 0.1) is 23.2 Å². The SMILES string of the molecule is CCOc1ccccc1C(=O)NCc1ccc(-n2cnc3ccccc32)nc1. The Bertz CT molecular complexity index is 1100. The van der Waals surface area contributed by atoms with Crippen molar-refractivity contribution in [3.8, 4) is 11.6 Å². The van der Waals surface area contributed by atoms with Gasteiger partial charge in [0, 0.05) is 12.7 Å². The molecular weight excluding hydrogens is 352 g/mol. The Morgan fingerprint density at radius 1 is 1.04 bits per heavy atom. The lowest BCUT2D eigenvalue weighted by Crippen LogP contribution is -2.23. The van der Waals surface area contributed by atoms with Crippen molar-refractivity contribution in [2.45, 2.75) is 13.5 Å². The molecule has 28 heavy (non-hydrogen) atoms. The third-order valence-electron chi connectivity index (χ3n) is 4.39. The molecule has 4 aromatic rings. The molecule has 0 radical (unpaired) electrons. The molecule has 4 rings (SSSR count). The normalized spacial score (nSPS) is 10.8. The number of carbonyl (C=O) groups excluding carboxylic acids is 1. The van der Waals surface area contributed by atoms with Crippen LogP contribution in [0.2, 0.25) is 0 Å². The minimum absolute atomic E-state index is 0.172. The highest BCUT2D eigenvalue weighted by Gasteiger charge is 2.11. The number of benzene rings is 2. The second-order valence-corrected chi connectivity index (χ2v) is 6.24. The molecule has 6 heteroatoms. The van der Waals surface area contributed by atoms with Crippen molar-refractivity contribution < 1.29 is 9.53 Å². The molecule has 0 bridgehead atoms. The molecule has 2 heterocycles. The lowest BCUT2D eigenvalue weighted by Gasteiger charge is -2.10. The summed E-state index contributed by atoms with van der Waals surface area (Å²) in [5.41, 5.74) is 3.37. The number of fused-ring (bicyclic) bond motifs is 1. The number of hydrogen-bond donors (Lipinski definition) is 1. The maximum Gasteiger partial charge on any atom is 0.255 e. The zero-order valence-corrected chi connectivity index (χ0v) is 15.5. The highest BCUT2D eigenvalue weighted by Crippen LogP contribution is 2.18. The van der Waals surface area contributed by atoms with Crippen molar-refractivity contribution in [2.75, 3.05) is 6.61 Å². The third-order valence-corrected chi connectivity index (χ3v) is 4.39. The molecule has 1 N–H and O–H groups in total. The van der Waals surface area contributed by atoms with E-state index in [-0.39, 0.29) is 5.91 Å². The molecule has 0 saturated heterocycles. The van der Waals surface area contributed by atoms with E-state index < -0.39 is 0 Å². The van der Waals surface area contributed by atoms with Crippen molar-refractivity contribution in [3.05, 3.63) is 84.3 Å². The number of carbonyl (C=O) groups is 1. The third kappa shape index (κ3) is 3.57. The Hall–Kier alpha value is -3.67. The van der Waals surface area contributed by atoms with Crippen LogP contribution >= 0.6 is 0 Å². The van der Waals surface area contributed by atoms with Gasteiger partial charge in [0.15, 0.2) is 0 Å². The van der Waals surface area contributed by atoms with Gasteiger partial charge in [-0.3, -0.25) is 9.36 Å². The lowest BCUT2D eigenvalue weighted by atomic mass is 10.2. The predicted octanol–water partition coefficient (Wildman–Crippen LogP) is 3.75. The van der Waals surface area contributed by atoms with Gasteiger partial charge in [0.1, 0.15) is 17.9 Å². The fraction of sp³-hybridized carbons (Fsp3) is 0.136. The first kappa shape index (κ1) is 17.7. The molecule has 0 atom stereocenters. The van der Waals surface area contributed by atoms with Crippen LogP contribution in [0.1, 0.15) is 22.8 Å². The molecule has 0 aliphatic heterocycles. The number of imidazole rings is 1. The first-order valence-corrected chi connectivity index (χ1v) is 9.13. The molecule has 0 spiro atoms. The van der Waals surface area contributed by atoms with Crippen LogP contribution in [0.5, 0.6) is 5.75 Å². The fourth-order valence-electron chi connectivity index (χ4n) is 3.02. The molecule has 2 aromatic carbocycles. The van der Waals surface area contributed by atoms with Crippen molar-refractivity contribution in [1.82, 2.24) is 19.9 Å². The average molecular weight is 372 g/mol. The van der Waals surface area contributed by atoms with Crippen LogP contribution in [0.25, 0.3) is 16.9 Å². The van der Waals surface area contributed by atoms with E-state index in [1.807, 2.05) is 60.0 Å². The minimum Gasteiger partial charge on any atom is -0.493 e. The van der Waals surface area contributed by atoms with E-state index in [1.54, 1.807) is 24.7 Å². The van der Waals surface area contributed by atoms with E-state index >= 15 is 0 Å². The summed E-state index contributed by atoms with van der Waals surface area (Å²) >= 11 is 0. The monoisotopic (exact) mass is 372 g/mol. The molecule has 2 aromatic heterocycles. The van der Waals surface area contributed by atoms with Crippen molar-refractivity contribution >= 4 is 16.9 Å². The predicted molar refractivity (Wildman–Crippen MR) is 108 cm³/mol. The standard InChI is InChI=1S/C22H20N4O2/c1-2-28-20-10-6-3-7-17(20)22(27)24-14-16-11-12-21(23-13-16)26-15-25-18-8-4-5-9-19(18)26/h3-13,15H,2,14H2,1H3,(H,24,27). The maximum atomic E-state index is 12.5. The van der Waals surface area contributed by atoms with Crippen molar-refractivity contribution in [2.24, 2.45) is 0 Å². The van der Waals surface area contributed by atoms with Crippen LogP contribution in [0.3, 0.4) is 0 Å². The van der Waals surface area contributed by atoms with E-state index in [2.05, 4.69) is 15.3 Å². The molecular formula is C22H20N4O2. The number of amides is 1. The van der Waals surface area contributed by atoms with Crippen LogP contribution in [0.15, 0.2) is 73.2 Å². The summed E-state index contributed by atoms with van der Waals surface area (Å²) in [4.78, 5) is 21.4. The second-order valence-electron chi connectivity index (χ2n) is 6.24.